The lowest BCUT2D eigenvalue weighted by atomic mass is 9.86. The molecule has 1 amide bonds. The molecule has 1 aliphatic rings. The van der Waals surface area contributed by atoms with Gasteiger partial charge in [-0.05, 0) is 55.2 Å². The first kappa shape index (κ1) is 26.8. The van der Waals surface area contributed by atoms with Gasteiger partial charge in [-0.1, -0.05) is 82.3 Å². The number of aromatic nitrogens is 2. The third kappa shape index (κ3) is 7.85. The van der Waals surface area contributed by atoms with E-state index in [1.807, 2.05) is 48.5 Å². The van der Waals surface area contributed by atoms with Gasteiger partial charge in [0.05, 0.1) is 11.7 Å². The van der Waals surface area contributed by atoms with E-state index in [9.17, 15) is 9.59 Å². The van der Waals surface area contributed by atoms with Crippen molar-refractivity contribution >= 4 is 11.7 Å². The Morgan fingerprint density at radius 3 is 2.49 bits per heavy atom. The van der Waals surface area contributed by atoms with Gasteiger partial charge in [-0.3, -0.25) is 14.6 Å². The molecule has 196 valence electrons. The number of hydrogen-bond donors (Lipinski definition) is 1. The number of carbonyl (C=O) groups is 2. The minimum absolute atomic E-state index is 0.0631. The molecule has 0 spiro atoms. The molecule has 6 nitrogen and oxygen atoms in total. The Balaban J connectivity index is 1.53. The van der Waals surface area contributed by atoms with Gasteiger partial charge >= 0.3 is 0 Å². The molecule has 0 unspecified atom stereocenters. The predicted octanol–water partition coefficient (Wildman–Crippen LogP) is 6.60. The second-order valence-electron chi connectivity index (χ2n) is 10.7. The number of rotatable bonds is 12. The van der Waals surface area contributed by atoms with E-state index in [-0.39, 0.29) is 17.5 Å². The number of benzene rings is 1. The van der Waals surface area contributed by atoms with Crippen molar-refractivity contribution in [2.24, 2.45) is 11.8 Å². The van der Waals surface area contributed by atoms with E-state index >= 15 is 0 Å². The quantitative estimate of drug-likeness (QED) is 0.283. The zero-order valence-electron chi connectivity index (χ0n) is 22.1. The number of nitrogens with one attached hydrogen (secondary N) is 1. The minimum atomic E-state index is -0.672. The summed E-state index contributed by atoms with van der Waals surface area (Å²) in [5, 5.41) is 3.06. The average Bonchev–Trinajstić information content (AvgIpc) is 3.34. The van der Waals surface area contributed by atoms with Crippen LogP contribution in [-0.4, -0.2) is 27.7 Å². The lowest BCUT2D eigenvalue weighted by Gasteiger charge is -2.22. The van der Waals surface area contributed by atoms with E-state index < -0.39 is 6.04 Å². The molecule has 6 heteroatoms. The first-order chi connectivity index (χ1) is 18.0. The van der Waals surface area contributed by atoms with E-state index in [1.54, 1.807) is 6.20 Å². The Bertz CT molecular complexity index is 1140. The number of nitrogens with zero attached hydrogens (tertiary/aromatic N) is 2. The van der Waals surface area contributed by atoms with E-state index in [0.29, 0.717) is 54.8 Å². The SMILES string of the molecule is CC(C)Cc1nc(-c2ccccn2)oc1C(=O)[C@@H](CCc1ccccc1)NC(=O)CCC1CCCCC1. The predicted molar refractivity (Wildman–Crippen MR) is 145 cm³/mol. The molecule has 1 aliphatic carbocycles. The topological polar surface area (TPSA) is 85.1 Å². The molecule has 2 aromatic heterocycles. The van der Waals surface area contributed by atoms with Crippen LogP contribution in [0.15, 0.2) is 59.1 Å². The van der Waals surface area contributed by atoms with Crippen molar-refractivity contribution in [2.45, 2.75) is 84.1 Å². The Labute approximate surface area is 220 Å². The van der Waals surface area contributed by atoms with E-state index in [2.05, 4.69) is 29.1 Å². The first-order valence-corrected chi connectivity index (χ1v) is 13.8. The molecular formula is C31H39N3O3. The van der Waals surface area contributed by atoms with Crippen molar-refractivity contribution < 1.29 is 14.0 Å². The summed E-state index contributed by atoms with van der Waals surface area (Å²) >= 11 is 0. The largest absolute Gasteiger partial charge is 0.431 e. The number of aryl methyl sites for hydroxylation is 1. The van der Waals surface area contributed by atoms with Crippen LogP contribution in [0.3, 0.4) is 0 Å². The molecule has 1 saturated carbocycles. The van der Waals surface area contributed by atoms with E-state index in [0.717, 1.165) is 12.0 Å². The second kappa shape index (κ2) is 13.3. The fraction of sp³-hybridized carbons (Fsp3) is 0.484. The Morgan fingerprint density at radius 1 is 1.03 bits per heavy atom. The molecule has 1 aromatic carbocycles. The minimum Gasteiger partial charge on any atom is -0.431 e. The van der Waals surface area contributed by atoms with Crippen molar-refractivity contribution in [1.82, 2.24) is 15.3 Å². The van der Waals surface area contributed by atoms with Crippen LogP contribution in [0, 0.1) is 11.8 Å². The van der Waals surface area contributed by atoms with Crippen LogP contribution in [0.4, 0.5) is 0 Å². The second-order valence-corrected chi connectivity index (χ2v) is 10.7. The normalized spacial score (nSPS) is 15.0. The van der Waals surface area contributed by atoms with Crippen LogP contribution in [-0.2, 0) is 17.6 Å². The van der Waals surface area contributed by atoms with Crippen LogP contribution in [0.2, 0.25) is 0 Å². The Kier molecular flexibility index (Phi) is 9.64. The number of carbonyl (C=O) groups excluding carboxylic acids is 2. The van der Waals surface area contributed by atoms with Gasteiger partial charge < -0.3 is 9.73 Å². The molecule has 1 N–H and O–H groups in total. The lowest BCUT2D eigenvalue weighted by molar-refractivity contribution is -0.122. The highest BCUT2D eigenvalue weighted by molar-refractivity contribution is 6.00. The molecular weight excluding hydrogens is 462 g/mol. The molecule has 0 radical (unpaired) electrons. The van der Waals surface area contributed by atoms with Crippen molar-refractivity contribution in [3.05, 3.63) is 71.7 Å². The van der Waals surface area contributed by atoms with Crippen LogP contribution in [0.25, 0.3) is 11.6 Å². The third-order valence-electron chi connectivity index (χ3n) is 7.13. The third-order valence-corrected chi connectivity index (χ3v) is 7.13. The number of pyridine rings is 1. The summed E-state index contributed by atoms with van der Waals surface area (Å²) in [6.07, 6.45) is 11.0. The summed E-state index contributed by atoms with van der Waals surface area (Å²) in [6.45, 7) is 4.17. The molecule has 4 rings (SSSR count). The van der Waals surface area contributed by atoms with Gasteiger partial charge in [-0.2, -0.15) is 0 Å². The maximum atomic E-state index is 13.9. The zero-order valence-corrected chi connectivity index (χ0v) is 22.1. The van der Waals surface area contributed by atoms with Crippen LogP contribution in [0.5, 0.6) is 0 Å². The lowest BCUT2D eigenvalue weighted by Crippen LogP contribution is -2.41. The zero-order chi connectivity index (χ0) is 26.0. The molecule has 2 heterocycles. The summed E-state index contributed by atoms with van der Waals surface area (Å²) < 4.78 is 6.06. The fourth-order valence-electron chi connectivity index (χ4n) is 5.13. The summed E-state index contributed by atoms with van der Waals surface area (Å²) in [6, 6.07) is 14.9. The molecule has 1 atom stereocenters. The number of hydrogen-bond acceptors (Lipinski definition) is 5. The number of oxazole rings is 1. The fourth-order valence-corrected chi connectivity index (χ4v) is 5.13. The number of Topliss-reactive ketones (excluding diaryl/α,β-unsaturated/α-hetero) is 1. The smallest absolute Gasteiger partial charge is 0.246 e. The molecule has 37 heavy (non-hydrogen) atoms. The van der Waals surface area contributed by atoms with Gasteiger partial charge in [0.1, 0.15) is 5.69 Å². The molecule has 0 aliphatic heterocycles. The summed E-state index contributed by atoms with van der Waals surface area (Å²) in [7, 11) is 0. The maximum absolute atomic E-state index is 13.9. The van der Waals surface area contributed by atoms with E-state index in [4.69, 9.17) is 4.42 Å². The van der Waals surface area contributed by atoms with Gasteiger partial charge in [-0.15, -0.1) is 0 Å². The summed E-state index contributed by atoms with van der Waals surface area (Å²) in [4.78, 5) is 35.9. The average molecular weight is 502 g/mol. The molecule has 0 saturated heterocycles. The van der Waals surface area contributed by atoms with Crippen molar-refractivity contribution in [3.63, 3.8) is 0 Å². The maximum Gasteiger partial charge on any atom is 0.246 e. The summed E-state index contributed by atoms with van der Waals surface area (Å²) in [5.41, 5.74) is 2.34. The van der Waals surface area contributed by atoms with Crippen LogP contribution >= 0.6 is 0 Å². The standard InChI is InChI=1S/C31H39N3O3/c1-22(2)21-27-30(37-31(34-27)26-15-9-10-20-32-26)29(36)25(18-16-23-11-5-3-6-12-23)33-28(35)19-17-24-13-7-4-8-14-24/h3,5-6,9-12,15,20,22,24-25H,4,7-8,13-14,16-19,21H2,1-2H3,(H,33,35)/t25-/m1/s1. The first-order valence-electron chi connectivity index (χ1n) is 13.8. The van der Waals surface area contributed by atoms with Crippen LogP contribution < -0.4 is 5.32 Å². The highest BCUT2D eigenvalue weighted by atomic mass is 16.4. The number of ketones is 1. The molecule has 0 bridgehead atoms. The molecule has 3 aromatic rings. The van der Waals surface area contributed by atoms with Gasteiger partial charge in [0.25, 0.3) is 0 Å². The highest BCUT2D eigenvalue weighted by Gasteiger charge is 2.30. The number of amides is 1. The van der Waals surface area contributed by atoms with Crippen molar-refractivity contribution in [2.75, 3.05) is 0 Å². The molecule has 1 fully saturated rings. The Hall–Kier alpha value is -3.28. The van der Waals surface area contributed by atoms with Gasteiger partial charge in [0.2, 0.25) is 17.6 Å². The van der Waals surface area contributed by atoms with Crippen molar-refractivity contribution in [1.29, 1.82) is 0 Å². The van der Waals surface area contributed by atoms with Gasteiger partial charge in [-0.25, -0.2) is 4.98 Å². The van der Waals surface area contributed by atoms with Crippen molar-refractivity contribution in [3.8, 4) is 11.6 Å². The van der Waals surface area contributed by atoms with Gasteiger partial charge in [0.15, 0.2) is 5.76 Å². The monoisotopic (exact) mass is 501 g/mol. The summed E-state index contributed by atoms with van der Waals surface area (Å²) in [5.74, 6) is 1.20. The van der Waals surface area contributed by atoms with E-state index in [1.165, 1.54) is 32.1 Å². The highest BCUT2D eigenvalue weighted by Crippen LogP contribution is 2.28. The Morgan fingerprint density at radius 2 is 1.78 bits per heavy atom. The van der Waals surface area contributed by atoms with Gasteiger partial charge in [0, 0.05) is 12.6 Å². The van der Waals surface area contributed by atoms with Crippen LogP contribution in [0.1, 0.15) is 87.0 Å².